The molecular weight excluding hydrogens is 402 g/mol. The molecule has 120 valence electrons. The molecular formula is C15H13BrClN3O2S. The number of nitrogens with zero attached hydrogens (tertiary/aromatic N) is 1. The van der Waals surface area contributed by atoms with E-state index in [1.54, 1.807) is 12.3 Å². The summed E-state index contributed by atoms with van der Waals surface area (Å²) in [6.07, 6.45) is 1.55. The maximum absolute atomic E-state index is 5.86. The van der Waals surface area contributed by atoms with E-state index in [0.717, 1.165) is 21.5 Å². The summed E-state index contributed by atoms with van der Waals surface area (Å²) in [7, 11) is 0. The zero-order chi connectivity index (χ0) is 16.2. The van der Waals surface area contributed by atoms with Crippen molar-refractivity contribution < 1.29 is 9.47 Å². The molecule has 1 aromatic heterocycles. The van der Waals surface area contributed by atoms with Crippen LogP contribution in [0.5, 0.6) is 11.5 Å². The van der Waals surface area contributed by atoms with Crippen molar-refractivity contribution in [3.8, 4) is 11.5 Å². The van der Waals surface area contributed by atoms with Crippen LogP contribution in [0.4, 0.5) is 5.82 Å². The van der Waals surface area contributed by atoms with Gasteiger partial charge in [-0.15, -0.1) is 0 Å². The lowest BCUT2D eigenvalue weighted by Gasteiger charge is -2.19. The molecule has 0 radical (unpaired) electrons. The highest BCUT2D eigenvalue weighted by Crippen LogP contribution is 2.30. The van der Waals surface area contributed by atoms with Gasteiger partial charge in [0, 0.05) is 12.7 Å². The molecule has 0 atom stereocenters. The van der Waals surface area contributed by atoms with Gasteiger partial charge in [0.25, 0.3) is 0 Å². The first kappa shape index (κ1) is 16.3. The van der Waals surface area contributed by atoms with Gasteiger partial charge in [0.15, 0.2) is 16.6 Å². The minimum atomic E-state index is 0.468. The molecule has 1 aliphatic heterocycles. The summed E-state index contributed by atoms with van der Waals surface area (Å²) in [6.45, 7) is 1.72. The first-order valence-corrected chi connectivity index (χ1v) is 8.44. The molecule has 0 unspecified atom stereocenters. The van der Waals surface area contributed by atoms with Crippen molar-refractivity contribution in [1.82, 2.24) is 10.3 Å². The largest absolute Gasteiger partial charge is 0.486 e. The van der Waals surface area contributed by atoms with Crippen LogP contribution in [-0.4, -0.2) is 23.3 Å². The topological polar surface area (TPSA) is 55.4 Å². The maximum Gasteiger partial charge on any atom is 0.172 e. The van der Waals surface area contributed by atoms with Crippen LogP contribution in [0.15, 0.2) is 34.9 Å². The molecule has 2 N–H and O–H groups in total. The number of halogens is 2. The molecule has 0 aliphatic carbocycles. The highest BCUT2D eigenvalue weighted by atomic mass is 79.9. The Morgan fingerprint density at radius 1 is 1.26 bits per heavy atom. The van der Waals surface area contributed by atoms with Crippen LogP contribution < -0.4 is 20.1 Å². The predicted octanol–water partition coefficient (Wildman–Crippen LogP) is 3.76. The molecule has 0 fully saturated rings. The number of hydrogen-bond acceptors (Lipinski definition) is 4. The Bertz CT molecular complexity index is 745. The number of hydrogen-bond donors (Lipinski definition) is 2. The van der Waals surface area contributed by atoms with Crippen LogP contribution in [-0.2, 0) is 6.54 Å². The smallest absolute Gasteiger partial charge is 0.172 e. The van der Waals surface area contributed by atoms with Crippen molar-refractivity contribution >= 4 is 50.7 Å². The summed E-state index contributed by atoms with van der Waals surface area (Å²) in [5.74, 6) is 2.14. The Morgan fingerprint density at radius 2 is 2.04 bits per heavy atom. The molecule has 1 aliphatic rings. The highest BCUT2D eigenvalue weighted by molar-refractivity contribution is 9.10. The molecule has 0 spiro atoms. The van der Waals surface area contributed by atoms with Crippen LogP contribution in [0.25, 0.3) is 0 Å². The zero-order valence-corrected chi connectivity index (χ0v) is 15.1. The molecule has 2 heterocycles. The number of rotatable bonds is 3. The maximum atomic E-state index is 5.86. The van der Waals surface area contributed by atoms with Gasteiger partial charge < -0.3 is 20.1 Å². The second-order valence-electron chi connectivity index (χ2n) is 4.77. The fraction of sp³-hybridized carbons (Fsp3) is 0.200. The summed E-state index contributed by atoms with van der Waals surface area (Å²) >= 11 is 14.5. The summed E-state index contributed by atoms with van der Waals surface area (Å²) in [4.78, 5) is 4.18. The minimum absolute atomic E-state index is 0.468. The number of fused-ring (bicyclic) bond motifs is 1. The van der Waals surface area contributed by atoms with Crippen molar-refractivity contribution in [3.63, 3.8) is 0 Å². The third kappa shape index (κ3) is 4.25. The Morgan fingerprint density at radius 3 is 2.83 bits per heavy atom. The molecule has 3 rings (SSSR count). The number of pyridine rings is 1. The summed E-state index contributed by atoms with van der Waals surface area (Å²) in [6, 6.07) is 7.57. The summed E-state index contributed by atoms with van der Waals surface area (Å²) in [5, 5.41) is 7.17. The normalized spacial score (nSPS) is 12.6. The standard InChI is InChI=1S/C15H13BrClN3O2S/c16-11-6-10(17)8-18-14(11)20-15(23)19-7-9-1-2-12-13(5-9)22-4-3-21-12/h1-2,5-6,8H,3-4,7H2,(H2,18,19,20,23). The van der Waals surface area contributed by atoms with Crippen molar-refractivity contribution in [1.29, 1.82) is 0 Å². The van der Waals surface area contributed by atoms with Gasteiger partial charge in [-0.05, 0) is 51.9 Å². The van der Waals surface area contributed by atoms with Gasteiger partial charge in [-0.1, -0.05) is 17.7 Å². The van der Waals surface area contributed by atoms with E-state index in [9.17, 15) is 0 Å². The van der Waals surface area contributed by atoms with Crippen LogP contribution in [0.2, 0.25) is 5.02 Å². The third-order valence-electron chi connectivity index (χ3n) is 3.10. The van der Waals surface area contributed by atoms with Crippen LogP contribution in [0.3, 0.4) is 0 Å². The van der Waals surface area contributed by atoms with Gasteiger partial charge in [-0.2, -0.15) is 0 Å². The number of anilines is 1. The molecule has 23 heavy (non-hydrogen) atoms. The Kier molecular flexibility index (Phi) is 5.20. The average molecular weight is 415 g/mol. The molecule has 8 heteroatoms. The van der Waals surface area contributed by atoms with Gasteiger partial charge in [0.1, 0.15) is 19.0 Å². The number of aromatic nitrogens is 1. The average Bonchev–Trinajstić information content (AvgIpc) is 2.55. The van der Waals surface area contributed by atoms with Crippen LogP contribution >= 0.6 is 39.7 Å². The molecule has 5 nitrogen and oxygen atoms in total. The fourth-order valence-electron chi connectivity index (χ4n) is 2.04. The lowest BCUT2D eigenvalue weighted by molar-refractivity contribution is 0.171. The van der Waals surface area contributed by atoms with Crippen molar-refractivity contribution in [2.24, 2.45) is 0 Å². The van der Waals surface area contributed by atoms with Gasteiger partial charge in [0.05, 0.1) is 9.50 Å². The Balaban J connectivity index is 1.58. The number of nitrogens with one attached hydrogen (secondary N) is 2. The van der Waals surface area contributed by atoms with Crippen LogP contribution in [0, 0.1) is 0 Å². The van der Waals surface area contributed by atoms with E-state index in [0.29, 0.717) is 35.7 Å². The van der Waals surface area contributed by atoms with Gasteiger partial charge in [-0.3, -0.25) is 0 Å². The first-order chi connectivity index (χ1) is 11.1. The van der Waals surface area contributed by atoms with Crippen molar-refractivity contribution in [2.45, 2.75) is 6.54 Å². The molecule has 0 saturated carbocycles. The fourth-order valence-corrected chi connectivity index (χ4v) is 2.95. The van der Waals surface area contributed by atoms with E-state index in [1.165, 1.54) is 0 Å². The Hall–Kier alpha value is -1.57. The quantitative estimate of drug-likeness (QED) is 0.746. The number of benzene rings is 1. The van der Waals surface area contributed by atoms with E-state index in [1.807, 2.05) is 18.2 Å². The molecule has 1 aromatic carbocycles. The summed E-state index contributed by atoms with van der Waals surface area (Å²) in [5.41, 5.74) is 1.04. The van der Waals surface area contributed by atoms with E-state index >= 15 is 0 Å². The molecule has 0 saturated heterocycles. The lowest BCUT2D eigenvalue weighted by atomic mass is 10.2. The van der Waals surface area contributed by atoms with E-state index in [2.05, 4.69) is 31.5 Å². The van der Waals surface area contributed by atoms with Crippen molar-refractivity contribution in [3.05, 3.63) is 45.5 Å². The van der Waals surface area contributed by atoms with Gasteiger partial charge in [0.2, 0.25) is 0 Å². The highest BCUT2D eigenvalue weighted by Gasteiger charge is 2.12. The second kappa shape index (κ2) is 7.33. The third-order valence-corrected chi connectivity index (χ3v) is 4.16. The lowest BCUT2D eigenvalue weighted by Crippen LogP contribution is -2.28. The second-order valence-corrected chi connectivity index (χ2v) is 6.47. The Labute approximate surface area is 152 Å². The van der Waals surface area contributed by atoms with E-state index < -0.39 is 0 Å². The number of ether oxygens (including phenoxy) is 2. The molecule has 0 amide bonds. The predicted molar refractivity (Wildman–Crippen MR) is 97.4 cm³/mol. The van der Waals surface area contributed by atoms with Gasteiger partial charge >= 0.3 is 0 Å². The summed E-state index contributed by atoms with van der Waals surface area (Å²) < 4.78 is 11.8. The van der Waals surface area contributed by atoms with E-state index in [4.69, 9.17) is 33.3 Å². The monoisotopic (exact) mass is 413 g/mol. The SMILES string of the molecule is S=C(NCc1ccc2c(c1)OCCO2)Nc1ncc(Cl)cc1Br. The van der Waals surface area contributed by atoms with Crippen molar-refractivity contribution in [2.75, 3.05) is 18.5 Å². The molecule has 2 aromatic rings. The number of thiocarbonyl (C=S) groups is 1. The molecule has 0 bridgehead atoms. The first-order valence-electron chi connectivity index (χ1n) is 6.86. The van der Waals surface area contributed by atoms with Crippen LogP contribution in [0.1, 0.15) is 5.56 Å². The van der Waals surface area contributed by atoms with Gasteiger partial charge in [-0.25, -0.2) is 4.98 Å². The minimum Gasteiger partial charge on any atom is -0.486 e. The van der Waals surface area contributed by atoms with E-state index in [-0.39, 0.29) is 0 Å². The zero-order valence-electron chi connectivity index (χ0n) is 11.9.